The lowest BCUT2D eigenvalue weighted by atomic mass is 10.1. The fourth-order valence-corrected chi connectivity index (χ4v) is 2.14. The molecule has 1 aliphatic rings. The summed E-state index contributed by atoms with van der Waals surface area (Å²) in [6.45, 7) is 1.97. The molecule has 22 heavy (non-hydrogen) atoms. The third-order valence-electron chi connectivity index (χ3n) is 3.71. The number of carbonyl (C=O) groups is 1. The minimum Gasteiger partial charge on any atom is -0.493 e. The van der Waals surface area contributed by atoms with Crippen LogP contribution in [-0.2, 0) is 20.8 Å². The van der Waals surface area contributed by atoms with Gasteiger partial charge in [-0.2, -0.15) is 0 Å². The summed E-state index contributed by atoms with van der Waals surface area (Å²) >= 11 is 0. The highest BCUT2D eigenvalue weighted by Gasteiger charge is 2.21. The number of rotatable bonds is 10. The summed E-state index contributed by atoms with van der Waals surface area (Å²) in [6.07, 6.45) is 2.89. The van der Waals surface area contributed by atoms with Crippen LogP contribution in [-0.4, -0.2) is 39.4 Å². The molecular formula is C17H25NO4. The second-order valence-electron chi connectivity index (χ2n) is 5.71. The van der Waals surface area contributed by atoms with Gasteiger partial charge in [-0.05, 0) is 36.5 Å². The molecule has 1 aromatic rings. The fraction of sp³-hybridized carbons (Fsp3) is 0.588. The molecule has 1 saturated carbocycles. The van der Waals surface area contributed by atoms with Gasteiger partial charge >= 0.3 is 5.97 Å². The summed E-state index contributed by atoms with van der Waals surface area (Å²) in [6, 6.07) is 8.01. The van der Waals surface area contributed by atoms with E-state index >= 15 is 0 Å². The topological polar surface area (TPSA) is 56.8 Å². The van der Waals surface area contributed by atoms with Gasteiger partial charge in [0.15, 0.2) is 0 Å². The van der Waals surface area contributed by atoms with Crippen molar-refractivity contribution in [2.75, 3.05) is 27.4 Å². The Balaban J connectivity index is 1.76. The monoisotopic (exact) mass is 307 g/mol. The first-order valence-corrected chi connectivity index (χ1v) is 7.72. The van der Waals surface area contributed by atoms with Crippen molar-refractivity contribution in [3.8, 4) is 5.75 Å². The Hall–Kier alpha value is -1.59. The Morgan fingerprint density at radius 3 is 2.59 bits per heavy atom. The molecule has 5 heteroatoms. The number of hydrogen-bond acceptors (Lipinski definition) is 5. The lowest BCUT2D eigenvalue weighted by molar-refractivity contribution is -0.141. The third kappa shape index (κ3) is 6.03. The normalized spacial score (nSPS) is 15.4. The molecule has 0 bridgehead atoms. The van der Waals surface area contributed by atoms with Gasteiger partial charge in [0.25, 0.3) is 0 Å². The van der Waals surface area contributed by atoms with Crippen LogP contribution in [0.3, 0.4) is 0 Å². The van der Waals surface area contributed by atoms with Crippen molar-refractivity contribution in [2.45, 2.75) is 31.8 Å². The average molecular weight is 307 g/mol. The molecule has 1 aliphatic carbocycles. The van der Waals surface area contributed by atoms with E-state index in [1.54, 1.807) is 7.11 Å². The molecule has 0 aliphatic heterocycles. The Bertz CT molecular complexity index is 456. The molecule has 2 rings (SSSR count). The largest absolute Gasteiger partial charge is 0.493 e. The molecule has 0 unspecified atom stereocenters. The van der Waals surface area contributed by atoms with E-state index in [4.69, 9.17) is 14.2 Å². The van der Waals surface area contributed by atoms with Crippen LogP contribution in [0.25, 0.3) is 0 Å². The van der Waals surface area contributed by atoms with Gasteiger partial charge in [0.05, 0.1) is 26.7 Å². The van der Waals surface area contributed by atoms with Crippen molar-refractivity contribution < 1.29 is 19.0 Å². The van der Waals surface area contributed by atoms with E-state index in [0.29, 0.717) is 19.6 Å². The Kier molecular flexibility index (Phi) is 6.68. The quantitative estimate of drug-likeness (QED) is 0.671. The summed E-state index contributed by atoms with van der Waals surface area (Å²) in [5.74, 6) is 1.44. The number of carbonyl (C=O) groups excluding carboxylic acids is 1. The molecule has 5 nitrogen and oxygen atoms in total. The fourth-order valence-electron chi connectivity index (χ4n) is 2.14. The number of ether oxygens (including phenoxy) is 3. The van der Waals surface area contributed by atoms with Gasteiger partial charge in [0, 0.05) is 19.7 Å². The maximum Gasteiger partial charge on any atom is 0.307 e. The first-order chi connectivity index (χ1) is 10.7. The van der Waals surface area contributed by atoms with Crippen LogP contribution in [0.5, 0.6) is 5.75 Å². The Labute approximate surface area is 131 Å². The highest BCUT2D eigenvalue weighted by atomic mass is 16.5. The Morgan fingerprint density at radius 1 is 1.27 bits per heavy atom. The van der Waals surface area contributed by atoms with E-state index in [-0.39, 0.29) is 12.0 Å². The molecule has 0 amide bonds. The van der Waals surface area contributed by atoms with E-state index in [9.17, 15) is 4.79 Å². The number of esters is 1. The summed E-state index contributed by atoms with van der Waals surface area (Å²) < 4.78 is 15.5. The Morgan fingerprint density at radius 2 is 2.00 bits per heavy atom. The second kappa shape index (κ2) is 8.76. The minimum absolute atomic E-state index is 0.0526. The van der Waals surface area contributed by atoms with Gasteiger partial charge in [-0.3, -0.25) is 4.79 Å². The summed E-state index contributed by atoms with van der Waals surface area (Å²) in [7, 11) is 3.02. The van der Waals surface area contributed by atoms with Crippen LogP contribution >= 0.6 is 0 Å². The van der Waals surface area contributed by atoms with Crippen molar-refractivity contribution in [1.82, 2.24) is 5.32 Å². The van der Waals surface area contributed by atoms with Crippen LogP contribution in [0.4, 0.5) is 0 Å². The molecule has 122 valence electrons. The van der Waals surface area contributed by atoms with Crippen LogP contribution in [0.15, 0.2) is 24.3 Å². The van der Waals surface area contributed by atoms with Crippen molar-refractivity contribution in [3.63, 3.8) is 0 Å². The molecule has 0 radical (unpaired) electrons. The smallest absolute Gasteiger partial charge is 0.307 e. The number of nitrogens with one attached hydrogen (secondary N) is 1. The molecule has 1 fully saturated rings. The van der Waals surface area contributed by atoms with Gasteiger partial charge in [-0.25, -0.2) is 0 Å². The molecule has 1 atom stereocenters. The number of benzene rings is 1. The zero-order valence-electron chi connectivity index (χ0n) is 13.3. The highest BCUT2D eigenvalue weighted by Crippen LogP contribution is 2.29. The van der Waals surface area contributed by atoms with Crippen LogP contribution in [0.2, 0.25) is 0 Å². The van der Waals surface area contributed by atoms with Gasteiger partial charge in [0.1, 0.15) is 5.75 Å². The van der Waals surface area contributed by atoms with Crippen molar-refractivity contribution in [1.29, 1.82) is 0 Å². The van der Waals surface area contributed by atoms with Crippen molar-refractivity contribution >= 4 is 5.97 Å². The number of methoxy groups -OCH3 is 2. The molecule has 1 aromatic carbocycles. The van der Waals surface area contributed by atoms with Gasteiger partial charge in [-0.15, -0.1) is 0 Å². The lowest BCUT2D eigenvalue weighted by Gasteiger charge is -2.17. The van der Waals surface area contributed by atoms with E-state index in [0.717, 1.165) is 23.8 Å². The highest BCUT2D eigenvalue weighted by molar-refractivity contribution is 5.69. The predicted molar refractivity (Wildman–Crippen MR) is 83.8 cm³/mol. The molecular weight excluding hydrogens is 282 g/mol. The van der Waals surface area contributed by atoms with Gasteiger partial charge in [0.2, 0.25) is 0 Å². The summed E-state index contributed by atoms with van der Waals surface area (Å²) in [5.41, 5.74) is 1.14. The van der Waals surface area contributed by atoms with Crippen LogP contribution in [0.1, 0.15) is 24.8 Å². The standard InChI is InChI=1S/C17H25NO4/c1-20-12-15(9-17(19)21-2)18-10-13-5-7-16(8-6-13)22-11-14-3-4-14/h5-8,14-15,18H,3-4,9-12H2,1-2H3/t15-/m0/s1. The average Bonchev–Trinajstić information content (AvgIpc) is 3.36. The summed E-state index contributed by atoms with van der Waals surface area (Å²) in [5, 5.41) is 3.32. The van der Waals surface area contributed by atoms with Crippen molar-refractivity contribution in [2.24, 2.45) is 5.92 Å². The maximum absolute atomic E-state index is 11.4. The molecule has 0 heterocycles. The van der Waals surface area contributed by atoms with Crippen LogP contribution < -0.4 is 10.1 Å². The zero-order chi connectivity index (χ0) is 15.8. The van der Waals surface area contributed by atoms with E-state index < -0.39 is 0 Å². The van der Waals surface area contributed by atoms with E-state index in [1.807, 2.05) is 24.3 Å². The number of hydrogen-bond donors (Lipinski definition) is 1. The lowest BCUT2D eigenvalue weighted by Crippen LogP contribution is -2.35. The van der Waals surface area contributed by atoms with E-state index in [1.165, 1.54) is 20.0 Å². The predicted octanol–water partition coefficient (Wildman–Crippen LogP) is 2.14. The van der Waals surface area contributed by atoms with Gasteiger partial charge in [-0.1, -0.05) is 12.1 Å². The zero-order valence-corrected chi connectivity index (χ0v) is 13.3. The SMILES string of the molecule is COC[C@H](CC(=O)OC)NCc1ccc(OCC2CC2)cc1. The molecule has 0 saturated heterocycles. The van der Waals surface area contributed by atoms with E-state index in [2.05, 4.69) is 5.32 Å². The van der Waals surface area contributed by atoms with Crippen LogP contribution in [0, 0.1) is 5.92 Å². The minimum atomic E-state index is -0.238. The first kappa shape index (κ1) is 16.8. The molecule has 1 N–H and O–H groups in total. The molecule has 0 spiro atoms. The molecule has 0 aromatic heterocycles. The second-order valence-corrected chi connectivity index (χ2v) is 5.71. The first-order valence-electron chi connectivity index (χ1n) is 7.72. The summed E-state index contributed by atoms with van der Waals surface area (Å²) in [4.78, 5) is 11.4. The third-order valence-corrected chi connectivity index (χ3v) is 3.71. The van der Waals surface area contributed by atoms with Gasteiger partial charge < -0.3 is 19.5 Å². The maximum atomic E-state index is 11.4. The van der Waals surface area contributed by atoms with Crippen molar-refractivity contribution in [3.05, 3.63) is 29.8 Å².